The van der Waals surface area contributed by atoms with Crippen molar-refractivity contribution < 1.29 is 0 Å². The van der Waals surface area contributed by atoms with Crippen LogP contribution in [0.5, 0.6) is 0 Å². The molecule has 15 heavy (non-hydrogen) atoms. The highest BCUT2D eigenvalue weighted by atomic mass is 14.7. The highest BCUT2D eigenvalue weighted by molar-refractivity contribution is 5.36. The molecular weight excluding hydrogens is 182 g/mol. The van der Waals surface area contributed by atoms with Gasteiger partial charge in [-0.15, -0.1) is 0 Å². The Bertz CT molecular complexity index is 379. The summed E-state index contributed by atoms with van der Waals surface area (Å²) in [6.07, 6.45) is 1.27. The molecule has 1 nitrogen and oxygen atoms in total. The van der Waals surface area contributed by atoms with Gasteiger partial charge in [0.25, 0.3) is 0 Å². The van der Waals surface area contributed by atoms with Crippen molar-refractivity contribution in [2.75, 3.05) is 0 Å². The van der Waals surface area contributed by atoms with E-state index < -0.39 is 0 Å². The van der Waals surface area contributed by atoms with Gasteiger partial charge in [0.05, 0.1) is 0 Å². The molecule has 1 fully saturated rings. The highest BCUT2D eigenvalue weighted by Gasteiger charge is 2.49. The van der Waals surface area contributed by atoms with Gasteiger partial charge in [-0.3, -0.25) is 0 Å². The Morgan fingerprint density at radius 1 is 1.33 bits per heavy atom. The minimum Gasteiger partial charge on any atom is -0.324 e. The van der Waals surface area contributed by atoms with Crippen molar-refractivity contribution in [2.45, 2.75) is 40.2 Å². The van der Waals surface area contributed by atoms with Gasteiger partial charge in [0, 0.05) is 6.04 Å². The van der Waals surface area contributed by atoms with E-state index in [2.05, 4.69) is 45.9 Å². The summed E-state index contributed by atoms with van der Waals surface area (Å²) in [5.74, 6) is 0.665. The molecular formula is C14H21N. The van der Waals surface area contributed by atoms with E-state index in [1.807, 2.05) is 0 Å². The van der Waals surface area contributed by atoms with Gasteiger partial charge < -0.3 is 5.73 Å². The van der Waals surface area contributed by atoms with Crippen LogP contribution in [0.2, 0.25) is 0 Å². The molecule has 1 heteroatoms. The van der Waals surface area contributed by atoms with Crippen molar-refractivity contribution in [3.05, 3.63) is 34.9 Å². The number of hydrogen-bond acceptors (Lipinski definition) is 1. The summed E-state index contributed by atoms with van der Waals surface area (Å²) in [6.45, 7) is 8.95. The predicted molar refractivity (Wildman–Crippen MR) is 64.7 cm³/mol. The van der Waals surface area contributed by atoms with E-state index in [1.54, 1.807) is 0 Å². The number of hydrogen-bond donors (Lipinski definition) is 1. The van der Waals surface area contributed by atoms with Crippen molar-refractivity contribution in [1.29, 1.82) is 0 Å². The van der Waals surface area contributed by atoms with Gasteiger partial charge in [0.15, 0.2) is 0 Å². The molecule has 0 saturated heterocycles. The maximum atomic E-state index is 6.35. The van der Waals surface area contributed by atoms with Gasteiger partial charge in [0.2, 0.25) is 0 Å². The van der Waals surface area contributed by atoms with E-state index >= 15 is 0 Å². The maximum absolute atomic E-state index is 6.35. The average molecular weight is 203 g/mol. The van der Waals surface area contributed by atoms with Crippen LogP contribution < -0.4 is 5.73 Å². The molecule has 0 bridgehead atoms. The van der Waals surface area contributed by atoms with E-state index in [1.165, 1.54) is 23.1 Å². The first-order valence-electron chi connectivity index (χ1n) is 5.75. The summed E-state index contributed by atoms with van der Waals surface area (Å²) in [5.41, 5.74) is 10.9. The average Bonchev–Trinajstić information content (AvgIpc) is 2.79. The molecule has 2 atom stereocenters. The lowest BCUT2D eigenvalue weighted by Crippen LogP contribution is -2.17. The summed E-state index contributed by atoms with van der Waals surface area (Å²) in [4.78, 5) is 0. The fourth-order valence-corrected chi connectivity index (χ4v) is 2.47. The minimum absolute atomic E-state index is 0.222. The third-order valence-electron chi connectivity index (χ3n) is 4.03. The van der Waals surface area contributed by atoms with Gasteiger partial charge in [-0.1, -0.05) is 32.0 Å². The number of nitrogens with two attached hydrogens (primary N) is 1. The lowest BCUT2D eigenvalue weighted by Gasteiger charge is -2.17. The van der Waals surface area contributed by atoms with E-state index in [9.17, 15) is 0 Å². The molecule has 1 aliphatic rings. The first-order valence-corrected chi connectivity index (χ1v) is 5.75. The zero-order chi connectivity index (χ0) is 11.2. The molecule has 1 saturated carbocycles. The fourth-order valence-electron chi connectivity index (χ4n) is 2.47. The highest BCUT2D eigenvalue weighted by Crippen LogP contribution is 2.57. The molecule has 2 unspecified atom stereocenters. The summed E-state index contributed by atoms with van der Waals surface area (Å²) in [5, 5.41) is 0. The number of benzene rings is 1. The van der Waals surface area contributed by atoms with Crippen molar-refractivity contribution in [2.24, 2.45) is 17.1 Å². The number of rotatable bonds is 2. The van der Waals surface area contributed by atoms with E-state index in [4.69, 9.17) is 5.73 Å². The van der Waals surface area contributed by atoms with Gasteiger partial charge in [-0.05, 0) is 48.3 Å². The van der Waals surface area contributed by atoms with Crippen molar-refractivity contribution in [1.82, 2.24) is 0 Å². The van der Waals surface area contributed by atoms with Crippen molar-refractivity contribution in [3.8, 4) is 0 Å². The van der Waals surface area contributed by atoms with Crippen LogP contribution in [0.25, 0.3) is 0 Å². The lowest BCUT2D eigenvalue weighted by atomic mass is 9.92. The Balaban J connectivity index is 2.27. The van der Waals surface area contributed by atoms with Gasteiger partial charge in [-0.25, -0.2) is 0 Å². The van der Waals surface area contributed by atoms with Crippen LogP contribution >= 0.6 is 0 Å². The predicted octanol–water partition coefficient (Wildman–Crippen LogP) is 3.35. The van der Waals surface area contributed by atoms with Crippen molar-refractivity contribution in [3.63, 3.8) is 0 Å². The smallest absolute Gasteiger partial charge is 0.0331 e. The standard InChI is InChI=1S/C14H21N/c1-9-6-5-7-11(10(9)2)13(15)12-8-14(12,3)4/h5-7,12-13H,8,15H2,1-4H3. The second kappa shape index (κ2) is 3.34. The van der Waals surface area contributed by atoms with Gasteiger partial charge in [-0.2, -0.15) is 0 Å². The maximum Gasteiger partial charge on any atom is 0.0331 e. The molecule has 0 aromatic heterocycles. The van der Waals surface area contributed by atoms with Crippen LogP contribution in [0, 0.1) is 25.2 Å². The topological polar surface area (TPSA) is 26.0 Å². The second-order valence-electron chi connectivity index (χ2n) is 5.61. The van der Waals surface area contributed by atoms with Crippen LogP contribution in [-0.4, -0.2) is 0 Å². The van der Waals surface area contributed by atoms with Crippen LogP contribution in [0.4, 0.5) is 0 Å². The Hall–Kier alpha value is -0.820. The molecule has 0 heterocycles. The Morgan fingerprint density at radius 2 is 1.93 bits per heavy atom. The van der Waals surface area contributed by atoms with Crippen LogP contribution in [-0.2, 0) is 0 Å². The molecule has 1 aromatic carbocycles. The van der Waals surface area contributed by atoms with Crippen LogP contribution in [0.1, 0.15) is 43.0 Å². The van der Waals surface area contributed by atoms with Crippen LogP contribution in [0.3, 0.4) is 0 Å². The molecule has 0 radical (unpaired) electrons. The summed E-state index contributed by atoms with van der Waals surface area (Å²) < 4.78 is 0. The summed E-state index contributed by atoms with van der Waals surface area (Å²) in [6, 6.07) is 6.68. The summed E-state index contributed by atoms with van der Waals surface area (Å²) >= 11 is 0. The van der Waals surface area contributed by atoms with E-state index in [-0.39, 0.29) is 6.04 Å². The van der Waals surface area contributed by atoms with Crippen molar-refractivity contribution >= 4 is 0 Å². The van der Waals surface area contributed by atoms with E-state index in [0.29, 0.717) is 11.3 Å². The largest absolute Gasteiger partial charge is 0.324 e. The first kappa shape index (κ1) is 10.7. The van der Waals surface area contributed by atoms with E-state index in [0.717, 1.165) is 0 Å². The molecule has 0 amide bonds. The quantitative estimate of drug-likeness (QED) is 0.783. The first-order chi connectivity index (χ1) is 6.93. The molecule has 1 aliphatic carbocycles. The normalized spacial score (nSPS) is 25.0. The summed E-state index contributed by atoms with van der Waals surface area (Å²) in [7, 11) is 0. The molecule has 2 N–H and O–H groups in total. The Morgan fingerprint density at radius 3 is 2.47 bits per heavy atom. The molecule has 1 aromatic rings. The molecule has 0 spiro atoms. The third-order valence-corrected chi connectivity index (χ3v) is 4.03. The SMILES string of the molecule is Cc1cccc(C(N)C2CC2(C)C)c1C. The number of aryl methyl sites for hydroxylation is 1. The fraction of sp³-hybridized carbons (Fsp3) is 0.571. The Labute approximate surface area is 92.7 Å². The molecule has 82 valence electrons. The Kier molecular flexibility index (Phi) is 2.38. The van der Waals surface area contributed by atoms with Gasteiger partial charge in [0.1, 0.15) is 0 Å². The lowest BCUT2D eigenvalue weighted by molar-refractivity contribution is 0.490. The molecule has 0 aliphatic heterocycles. The van der Waals surface area contributed by atoms with Gasteiger partial charge >= 0.3 is 0 Å². The zero-order valence-electron chi connectivity index (χ0n) is 10.2. The monoisotopic (exact) mass is 203 g/mol. The zero-order valence-corrected chi connectivity index (χ0v) is 10.2. The van der Waals surface area contributed by atoms with Crippen LogP contribution in [0.15, 0.2) is 18.2 Å². The minimum atomic E-state index is 0.222. The third kappa shape index (κ3) is 1.81. The second-order valence-corrected chi connectivity index (χ2v) is 5.61. The molecule has 2 rings (SSSR count).